The predicted molar refractivity (Wildman–Crippen MR) is 38.2 cm³/mol. The van der Waals surface area contributed by atoms with Crippen molar-refractivity contribution in [3.8, 4) is 5.88 Å². The SMILES string of the molecule is COCCOc1ccc[nH]1. The first-order valence-corrected chi connectivity index (χ1v) is 3.18. The zero-order valence-electron chi connectivity index (χ0n) is 5.96. The van der Waals surface area contributed by atoms with Gasteiger partial charge in [-0.15, -0.1) is 0 Å². The molecule has 3 heteroatoms. The molecular weight excluding hydrogens is 130 g/mol. The molecule has 0 radical (unpaired) electrons. The van der Waals surface area contributed by atoms with Crippen LogP contribution < -0.4 is 4.74 Å². The molecule has 0 saturated heterocycles. The van der Waals surface area contributed by atoms with Crippen LogP contribution in [-0.4, -0.2) is 25.3 Å². The molecule has 0 unspecified atom stereocenters. The van der Waals surface area contributed by atoms with Gasteiger partial charge in [0.15, 0.2) is 5.88 Å². The molecule has 10 heavy (non-hydrogen) atoms. The molecule has 1 aromatic rings. The Hall–Kier alpha value is -0.960. The van der Waals surface area contributed by atoms with Gasteiger partial charge in [-0.05, 0) is 12.1 Å². The number of rotatable bonds is 4. The van der Waals surface area contributed by atoms with Crippen LogP contribution in [0.15, 0.2) is 18.3 Å². The van der Waals surface area contributed by atoms with Crippen LogP contribution in [0, 0.1) is 0 Å². The van der Waals surface area contributed by atoms with Crippen LogP contribution in [0.1, 0.15) is 0 Å². The van der Waals surface area contributed by atoms with Gasteiger partial charge in [0.25, 0.3) is 0 Å². The number of hydrogen-bond donors (Lipinski definition) is 1. The lowest BCUT2D eigenvalue weighted by molar-refractivity contribution is 0.144. The third-order valence-electron chi connectivity index (χ3n) is 1.11. The normalized spacial score (nSPS) is 9.70. The molecule has 0 saturated carbocycles. The first-order chi connectivity index (χ1) is 4.93. The fourth-order valence-corrected chi connectivity index (χ4v) is 0.639. The maximum Gasteiger partial charge on any atom is 0.190 e. The summed E-state index contributed by atoms with van der Waals surface area (Å²) >= 11 is 0. The molecule has 3 nitrogen and oxygen atoms in total. The van der Waals surface area contributed by atoms with E-state index in [0.717, 1.165) is 5.88 Å². The molecule has 0 bridgehead atoms. The third kappa shape index (κ3) is 2.11. The highest BCUT2D eigenvalue weighted by Crippen LogP contribution is 2.03. The van der Waals surface area contributed by atoms with Gasteiger partial charge in [-0.2, -0.15) is 0 Å². The summed E-state index contributed by atoms with van der Waals surface area (Å²) in [4.78, 5) is 2.92. The second kappa shape index (κ2) is 3.95. The smallest absolute Gasteiger partial charge is 0.190 e. The van der Waals surface area contributed by atoms with Crippen molar-refractivity contribution >= 4 is 0 Å². The molecule has 0 aliphatic heterocycles. The van der Waals surface area contributed by atoms with Crippen molar-refractivity contribution in [3.63, 3.8) is 0 Å². The van der Waals surface area contributed by atoms with Gasteiger partial charge in [0.05, 0.1) is 6.61 Å². The number of ether oxygens (including phenoxy) is 2. The van der Waals surface area contributed by atoms with Crippen LogP contribution in [0.5, 0.6) is 5.88 Å². The predicted octanol–water partition coefficient (Wildman–Crippen LogP) is 1.04. The van der Waals surface area contributed by atoms with Gasteiger partial charge < -0.3 is 14.5 Å². The van der Waals surface area contributed by atoms with Gasteiger partial charge in [0.2, 0.25) is 0 Å². The van der Waals surface area contributed by atoms with Crippen molar-refractivity contribution in [1.29, 1.82) is 0 Å². The Bertz CT molecular complexity index is 160. The van der Waals surface area contributed by atoms with E-state index in [1.807, 2.05) is 18.3 Å². The highest BCUT2D eigenvalue weighted by molar-refractivity contribution is 5.09. The van der Waals surface area contributed by atoms with Crippen LogP contribution in [0.25, 0.3) is 0 Å². The maximum absolute atomic E-state index is 5.21. The summed E-state index contributed by atoms with van der Waals surface area (Å²) in [6.45, 7) is 1.22. The summed E-state index contributed by atoms with van der Waals surface area (Å²) in [5.74, 6) is 0.789. The van der Waals surface area contributed by atoms with E-state index >= 15 is 0 Å². The van der Waals surface area contributed by atoms with E-state index < -0.39 is 0 Å². The van der Waals surface area contributed by atoms with E-state index in [1.54, 1.807) is 7.11 Å². The highest BCUT2D eigenvalue weighted by atomic mass is 16.5. The first kappa shape index (κ1) is 7.15. The summed E-state index contributed by atoms with van der Waals surface area (Å²) in [6.07, 6.45) is 1.82. The Kier molecular flexibility index (Phi) is 2.83. The minimum absolute atomic E-state index is 0.594. The van der Waals surface area contributed by atoms with Crippen LogP contribution in [-0.2, 0) is 4.74 Å². The van der Waals surface area contributed by atoms with Crippen LogP contribution in [0.2, 0.25) is 0 Å². The third-order valence-corrected chi connectivity index (χ3v) is 1.11. The van der Waals surface area contributed by atoms with Crippen molar-refractivity contribution in [2.24, 2.45) is 0 Å². The first-order valence-electron chi connectivity index (χ1n) is 3.18. The van der Waals surface area contributed by atoms with E-state index in [9.17, 15) is 0 Å². The molecule has 0 aliphatic rings. The van der Waals surface area contributed by atoms with Crippen LogP contribution >= 0.6 is 0 Å². The second-order valence-corrected chi connectivity index (χ2v) is 1.88. The quantitative estimate of drug-likeness (QED) is 0.636. The molecule has 0 amide bonds. The lowest BCUT2D eigenvalue weighted by atomic mass is 10.6. The van der Waals surface area contributed by atoms with E-state index in [0.29, 0.717) is 13.2 Å². The van der Waals surface area contributed by atoms with E-state index in [4.69, 9.17) is 9.47 Å². The number of methoxy groups -OCH3 is 1. The lowest BCUT2D eigenvalue weighted by Gasteiger charge is -2.00. The molecular formula is C7H11NO2. The maximum atomic E-state index is 5.21. The zero-order valence-corrected chi connectivity index (χ0v) is 5.96. The van der Waals surface area contributed by atoms with Gasteiger partial charge in [0.1, 0.15) is 6.61 Å². The van der Waals surface area contributed by atoms with E-state index in [2.05, 4.69) is 4.98 Å². The standard InChI is InChI=1S/C7H11NO2/c1-9-5-6-10-7-3-2-4-8-7/h2-4,8H,5-6H2,1H3. The molecule has 56 valence electrons. The average Bonchev–Trinajstić information content (AvgIpc) is 2.41. The minimum atomic E-state index is 0.594. The van der Waals surface area contributed by atoms with Crippen molar-refractivity contribution in [1.82, 2.24) is 4.98 Å². The molecule has 0 aromatic carbocycles. The number of H-pyrrole nitrogens is 1. The Labute approximate surface area is 60.0 Å². The largest absolute Gasteiger partial charge is 0.477 e. The van der Waals surface area contributed by atoms with Gasteiger partial charge >= 0.3 is 0 Å². The van der Waals surface area contributed by atoms with Crippen LogP contribution in [0.3, 0.4) is 0 Å². The van der Waals surface area contributed by atoms with Gasteiger partial charge in [-0.1, -0.05) is 0 Å². The Morgan fingerprint density at radius 3 is 3.00 bits per heavy atom. The Morgan fingerprint density at radius 1 is 1.50 bits per heavy atom. The molecule has 0 spiro atoms. The fourth-order valence-electron chi connectivity index (χ4n) is 0.639. The Balaban J connectivity index is 2.15. The molecule has 1 heterocycles. The summed E-state index contributed by atoms with van der Waals surface area (Å²) < 4.78 is 10.0. The molecule has 1 aromatic heterocycles. The summed E-state index contributed by atoms with van der Waals surface area (Å²) in [7, 11) is 1.65. The van der Waals surface area contributed by atoms with Crippen molar-refractivity contribution in [2.45, 2.75) is 0 Å². The zero-order chi connectivity index (χ0) is 7.23. The van der Waals surface area contributed by atoms with E-state index in [-0.39, 0.29) is 0 Å². The monoisotopic (exact) mass is 141 g/mol. The molecule has 0 atom stereocenters. The second-order valence-electron chi connectivity index (χ2n) is 1.88. The number of nitrogens with one attached hydrogen (secondary N) is 1. The van der Waals surface area contributed by atoms with Crippen LogP contribution in [0.4, 0.5) is 0 Å². The number of aromatic nitrogens is 1. The van der Waals surface area contributed by atoms with Crippen molar-refractivity contribution < 1.29 is 9.47 Å². The van der Waals surface area contributed by atoms with E-state index in [1.165, 1.54) is 0 Å². The minimum Gasteiger partial charge on any atom is -0.477 e. The van der Waals surface area contributed by atoms with Gasteiger partial charge in [-0.3, -0.25) is 0 Å². The topological polar surface area (TPSA) is 34.2 Å². The molecule has 1 rings (SSSR count). The number of aromatic amines is 1. The Morgan fingerprint density at radius 2 is 2.40 bits per heavy atom. The highest BCUT2D eigenvalue weighted by Gasteiger charge is 1.89. The average molecular weight is 141 g/mol. The number of hydrogen-bond acceptors (Lipinski definition) is 2. The van der Waals surface area contributed by atoms with Gasteiger partial charge in [-0.25, -0.2) is 0 Å². The lowest BCUT2D eigenvalue weighted by Crippen LogP contribution is -2.03. The summed E-state index contributed by atoms with van der Waals surface area (Å²) in [5.41, 5.74) is 0. The van der Waals surface area contributed by atoms with Crippen molar-refractivity contribution in [2.75, 3.05) is 20.3 Å². The summed E-state index contributed by atoms with van der Waals surface area (Å²) in [5, 5.41) is 0. The fraction of sp³-hybridized carbons (Fsp3) is 0.429. The van der Waals surface area contributed by atoms with Gasteiger partial charge in [0, 0.05) is 13.3 Å². The molecule has 0 fully saturated rings. The molecule has 0 aliphatic carbocycles. The summed E-state index contributed by atoms with van der Waals surface area (Å²) in [6, 6.07) is 3.76. The molecule has 1 N–H and O–H groups in total. The van der Waals surface area contributed by atoms with Crippen molar-refractivity contribution in [3.05, 3.63) is 18.3 Å².